The Morgan fingerprint density at radius 2 is 1.75 bits per heavy atom. The summed E-state index contributed by atoms with van der Waals surface area (Å²) in [5.41, 5.74) is 0.347. The normalized spacial score (nSPS) is 11.8. The van der Waals surface area contributed by atoms with Gasteiger partial charge in [-0.3, -0.25) is 4.79 Å². The maximum atomic E-state index is 13.5. The molecule has 0 aliphatic carbocycles. The van der Waals surface area contributed by atoms with E-state index in [1.807, 2.05) is 0 Å². The fraction of sp³-hybridized carbons (Fsp3) is 0.176. The summed E-state index contributed by atoms with van der Waals surface area (Å²) in [5, 5.41) is 11.4. The molecule has 1 amide bonds. The lowest BCUT2D eigenvalue weighted by atomic mass is 10.0. The van der Waals surface area contributed by atoms with Gasteiger partial charge in [-0.2, -0.15) is 0 Å². The zero-order valence-electron chi connectivity index (χ0n) is 12.4. The van der Waals surface area contributed by atoms with Crippen molar-refractivity contribution in [1.82, 2.24) is 5.32 Å². The number of carboxylic acid groups (broad SMARTS) is 1. The van der Waals surface area contributed by atoms with Crippen LogP contribution in [0, 0.1) is 17.5 Å². The van der Waals surface area contributed by atoms with Crippen LogP contribution in [0.2, 0.25) is 0 Å². The standard InChI is InChI=1S/C17H14F3NO3/c18-12-3-1-2-10(6-12)7-15(17(23)24)21-16(22)8-11-4-5-13(19)9-14(11)20/h1-6,9,15H,7-8H2,(H,21,22)(H,23,24)/t15-/m0/s1. The van der Waals surface area contributed by atoms with Crippen LogP contribution < -0.4 is 5.32 Å². The molecule has 2 aromatic carbocycles. The number of halogens is 3. The lowest BCUT2D eigenvalue weighted by molar-refractivity contribution is -0.141. The number of aliphatic carboxylic acids is 1. The monoisotopic (exact) mass is 337 g/mol. The molecule has 0 saturated heterocycles. The number of rotatable bonds is 6. The first-order chi connectivity index (χ1) is 11.3. The molecule has 0 radical (unpaired) electrons. The van der Waals surface area contributed by atoms with Crippen LogP contribution in [0.4, 0.5) is 13.2 Å². The average Bonchev–Trinajstić information content (AvgIpc) is 2.49. The van der Waals surface area contributed by atoms with Gasteiger partial charge in [-0.15, -0.1) is 0 Å². The molecule has 2 rings (SSSR count). The summed E-state index contributed by atoms with van der Waals surface area (Å²) in [6.45, 7) is 0. The summed E-state index contributed by atoms with van der Waals surface area (Å²) >= 11 is 0. The van der Waals surface area contributed by atoms with Crippen LogP contribution in [0.1, 0.15) is 11.1 Å². The van der Waals surface area contributed by atoms with Crippen molar-refractivity contribution in [3.63, 3.8) is 0 Å². The van der Waals surface area contributed by atoms with Gasteiger partial charge in [-0.1, -0.05) is 18.2 Å². The van der Waals surface area contributed by atoms with E-state index in [-0.39, 0.29) is 12.0 Å². The molecule has 0 bridgehead atoms. The summed E-state index contributed by atoms with van der Waals surface area (Å²) in [4.78, 5) is 23.2. The van der Waals surface area contributed by atoms with E-state index in [2.05, 4.69) is 5.32 Å². The molecule has 0 aliphatic rings. The zero-order valence-corrected chi connectivity index (χ0v) is 12.4. The van der Waals surface area contributed by atoms with Crippen LogP contribution in [0.3, 0.4) is 0 Å². The molecule has 0 saturated carbocycles. The van der Waals surface area contributed by atoms with Crippen molar-refractivity contribution in [2.45, 2.75) is 18.9 Å². The van der Waals surface area contributed by atoms with E-state index in [1.54, 1.807) is 0 Å². The van der Waals surface area contributed by atoms with Crippen LogP contribution in [-0.4, -0.2) is 23.0 Å². The second-order valence-electron chi connectivity index (χ2n) is 5.20. The van der Waals surface area contributed by atoms with Crippen molar-refractivity contribution in [1.29, 1.82) is 0 Å². The molecule has 2 aromatic rings. The van der Waals surface area contributed by atoms with E-state index in [4.69, 9.17) is 0 Å². The second-order valence-corrected chi connectivity index (χ2v) is 5.20. The fourth-order valence-corrected chi connectivity index (χ4v) is 2.18. The van der Waals surface area contributed by atoms with E-state index < -0.39 is 41.8 Å². The number of carbonyl (C=O) groups excluding carboxylic acids is 1. The average molecular weight is 337 g/mol. The Morgan fingerprint density at radius 3 is 2.38 bits per heavy atom. The van der Waals surface area contributed by atoms with Gasteiger partial charge in [0.25, 0.3) is 0 Å². The Labute approximate surface area is 135 Å². The first kappa shape index (κ1) is 17.5. The van der Waals surface area contributed by atoms with E-state index in [0.29, 0.717) is 11.6 Å². The summed E-state index contributed by atoms with van der Waals surface area (Å²) in [7, 11) is 0. The molecule has 0 aromatic heterocycles. The Morgan fingerprint density at radius 1 is 1.04 bits per heavy atom. The number of carbonyl (C=O) groups is 2. The SMILES string of the molecule is O=C(Cc1ccc(F)cc1F)N[C@@H](Cc1cccc(F)c1)C(=O)O. The topological polar surface area (TPSA) is 66.4 Å². The van der Waals surface area contributed by atoms with Crippen molar-refractivity contribution < 1.29 is 27.9 Å². The van der Waals surface area contributed by atoms with Crippen LogP contribution in [0.15, 0.2) is 42.5 Å². The van der Waals surface area contributed by atoms with Crippen molar-refractivity contribution in [2.75, 3.05) is 0 Å². The van der Waals surface area contributed by atoms with Gasteiger partial charge in [0.05, 0.1) is 6.42 Å². The molecule has 24 heavy (non-hydrogen) atoms. The molecule has 126 valence electrons. The maximum absolute atomic E-state index is 13.5. The molecule has 0 fully saturated rings. The summed E-state index contributed by atoms with van der Waals surface area (Å²) in [5.74, 6) is -4.21. The smallest absolute Gasteiger partial charge is 0.326 e. The second kappa shape index (κ2) is 7.63. The van der Waals surface area contributed by atoms with Crippen LogP contribution in [0.5, 0.6) is 0 Å². The van der Waals surface area contributed by atoms with Crippen molar-refractivity contribution >= 4 is 11.9 Å². The van der Waals surface area contributed by atoms with Gasteiger partial charge in [-0.05, 0) is 29.3 Å². The molecule has 7 heteroatoms. The minimum atomic E-state index is -1.30. The lowest BCUT2D eigenvalue weighted by Crippen LogP contribution is -2.43. The Hall–Kier alpha value is -2.83. The molecule has 0 spiro atoms. The van der Waals surface area contributed by atoms with E-state index in [9.17, 15) is 27.9 Å². The molecule has 0 unspecified atom stereocenters. The van der Waals surface area contributed by atoms with E-state index in [1.165, 1.54) is 24.3 Å². The Bertz CT molecular complexity index is 764. The number of carboxylic acids is 1. The number of amides is 1. The van der Waals surface area contributed by atoms with Gasteiger partial charge in [0.2, 0.25) is 5.91 Å². The van der Waals surface area contributed by atoms with Gasteiger partial charge in [0, 0.05) is 12.5 Å². The highest BCUT2D eigenvalue weighted by molar-refractivity contribution is 5.85. The number of hydrogen-bond donors (Lipinski definition) is 2. The van der Waals surface area contributed by atoms with E-state index >= 15 is 0 Å². The van der Waals surface area contributed by atoms with Crippen LogP contribution in [-0.2, 0) is 22.4 Å². The highest BCUT2D eigenvalue weighted by Gasteiger charge is 2.21. The predicted octanol–water partition coefficient (Wildman–Crippen LogP) is 2.46. The molecule has 0 heterocycles. The minimum absolute atomic E-state index is 0.0520. The molecular formula is C17H14F3NO3. The lowest BCUT2D eigenvalue weighted by Gasteiger charge is -2.15. The summed E-state index contributed by atoms with van der Waals surface area (Å²) in [6, 6.07) is 6.83. The zero-order chi connectivity index (χ0) is 17.7. The third-order valence-electron chi connectivity index (χ3n) is 3.33. The summed E-state index contributed by atoms with van der Waals surface area (Å²) < 4.78 is 39.5. The maximum Gasteiger partial charge on any atom is 0.326 e. The van der Waals surface area contributed by atoms with Crippen LogP contribution in [0.25, 0.3) is 0 Å². The van der Waals surface area contributed by atoms with Crippen molar-refractivity contribution in [3.8, 4) is 0 Å². The molecule has 2 N–H and O–H groups in total. The third kappa shape index (κ3) is 4.84. The Balaban J connectivity index is 2.04. The summed E-state index contributed by atoms with van der Waals surface area (Å²) in [6.07, 6.45) is -0.552. The first-order valence-electron chi connectivity index (χ1n) is 7.05. The van der Waals surface area contributed by atoms with Gasteiger partial charge >= 0.3 is 5.97 Å². The highest BCUT2D eigenvalue weighted by Crippen LogP contribution is 2.11. The quantitative estimate of drug-likeness (QED) is 0.851. The number of hydrogen-bond acceptors (Lipinski definition) is 2. The molecule has 4 nitrogen and oxygen atoms in total. The van der Waals surface area contributed by atoms with Gasteiger partial charge in [-0.25, -0.2) is 18.0 Å². The third-order valence-corrected chi connectivity index (χ3v) is 3.33. The number of nitrogens with one attached hydrogen (secondary N) is 1. The first-order valence-corrected chi connectivity index (χ1v) is 7.05. The molecule has 1 atom stereocenters. The minimum Gasteiger partial charge on any atom is -0.480 e. The van der Waals surface area contributed by atoms with Gasteiger partial charge in [0.15, 0.2) is 0 Å². The highest BCUT2D eigenvalue weighted by atomic mass is 19.1. The van der Waals surface area contributed by atoms with Crippen LogP contribution >= 0.6 is 0 Å². The van der Waals surface area contributed by atoms with Gasteiger partial charge in [0.1, 0.15) is 23.5 Å². The fourth-order valence-electron chi connectivity index (χ4n) is 2.18. The largest absolute Gasteiger partial charge is 0.480 e. The molecule has 0 aliphatic heterocycles. The van der Waals surface area contributed by atoms with E-state index in [0.717, 1.165) is 12.1 Å². The Kier molecular flexibility index (Phi) is 5.57. The molecular weight excluding hydrogens is 323 g/mol. The predicted molar refractivity (Wildman–Crippen MR) is 79.7 cm³/mol. The van der Waals surface area contributed by atoms with Crippen molar-refractivity contribution in [2.24, 2.45) is 0 Å². The van der Waals surface area contributed by atoms with Gasteiger partial charge < -0.3 is 10.4 Å². The number of benzene rings is 2. The van der Waals surface area contributed by atoms with Crippen molar-refractivity contribution in [3.05, 3.63) is 71.0 Å².